The van der Waals surface area contributed by atoms with Crippen molar-refractivity contribution < 1.29 is 34.6 Å². The summed E-state index contributed by atoms with van der Waals surface area (Å²) in [6, 6.07) is -9.88. The summed E-state index contributed by atoms with van der Waals surface area (Å²) in [5, 5.41) is -1.92. The molecule has 0 N–H and O–H groups in total. The quantitative estimate of drug-likeness (QED) is 0.199. The van der Waals surface area contributed by atoms with Crippen molar-refractivity contribution in [2.75, 3.05) is 0 Å². The maximum atomic E-state index is 9.92. The summed E-state index contributed by atoms with van der Waals surface area (Å²) in [4.78, 5) is 0. The largest absolute Gasteiger partial charge is 0.456 e. The van der Waals surface area contributed by atoms with Gasteiger partial charge in [-0.15, -0.1) is 0 Å². The van der Waals surface area contributed by atoms with E-state index in [4.69, 9.17) is 26.3 Å². The third-order valence-corrected chi connectivity index (χ3v) is 7.76. The number of rotatable bonds is 3. The number of nitrogens with zero attached hydrogens (tertiary/aromatic N) is 2. The van der Waals surface area contributed by atoms with Crippen LogP contribution in [0.3, 0.4) is 0 Å². The molecule has 3 aromatic heterocycles. The third kappa shape index (κ3) is 3.41. The van der Waals surface area contributed by atoms with Crippen molar-refractivity contribution in [3.05, 3.63) is 157 Å². The Labute approximate surface area is 289 Å². The first-order chi connectivity index (χ1) is 31.5. The maximum Gasteiger partial charge on any atom is 0.136 e. The Morgan fingerprint density at radius 2 is 1.02 bits per heavy atom. The molecule has 0 saturated heterocycles. The van der Waals surface area contributed by atoms with E-state index < -0.39 is 155 Å². The molecule has 10 rings (SSSR count). The highest BCUT2D eigenvalue weighted by Gasteiger charge is 2.20. The topological polar surface area (TPSA) is 23.0 Å². The van der Waals surface area contributed by atoms with Crippen LogP contribution in [0.25, 0.3) is 88.1 Å². The predicted octanol–water partition coefficient (Wildman–Crippen LogP) is 11.4. The summed E-state index contributed by atoms with van der Waals surface area (Å²) in [6.45, 7) is 0. The van der Waals surface area contributed by atoms with Gasteiger partial charge >= 0.3 is 0 Å². The number of furan rings is 1. The second-order valence-electron chi connectivity index (χ2n) is 10.1. The molecule has 0 unspecified atom stereocenters. The average Bonchev–Trinajstić information content (AvgIpc) is 4.00. The molecule has 3 nitrogen and oxygen atoms in total. The minimum absolute atomic E-state index is 0.0387. The molecule has 45 heavy (non-hydrogen) atoms. The SMILES string of the molecule is [2H]c1c([2H])c([2H])c2c(oc3c([2H])c([2H])c([2H])c(-c4ccccc4-n4c5c([2H])c([2H])c([2H])c([2H])c5c5c([2H])c(-n6c7c([2H])c([2H])c([2H])c([2H])c7c7c([2H])c([2H])c([2H])c([2H])c76)c([2H])c([2H])c54)c32)c1[2H]. The lowest BCUT2D eigenvalue weighted by atomic mass is 9.98. The third-order valence-electron chi connectivity index (χ3n) is 7.76. The number of aromatic nitrogens is 2. The van der Waals surface area contributed by atoms with E-state index in [1.54, 1.807) is 0 Å². The van der Waals surface area contributed by atoms with Crippen LogP contribution in [-0.4, -0.2) is 9.13 Å². The molecule has 0 radical (unpaired) electrons. The smallest absolute Gasteiger partial charge is 0.136 e. The fourth-order valence-electron chi connectivity index (χ4n) is 5.94. The first-order valence-electron chi connectivity index (χ1n) is 24.6. The first-order valence-corrected chi connectivity index (χ1v) is 13.6. The molecule has 0 saturated carbocycles. The molecule has 10 aromatic rings. The maximum absolute atomic E-state index is 9.92. The Balaban J connectivity index is 1.45. The molecular weight excluding hydrogens is 548 g/mol. The molecule has 0 fully saturated rings. The summed E-state index contributed by atoms with van der Waals surface area (Å²) in [5.74, 6) is 0. The summed E-state index contributed by atoms with van der Waals surface area (Å²) in [7, 11) is 0. The van der Waals surface area contributed by atoms with Gasteiger partial charge in [-0.2, -0.15) is 0 Å². The fraction of sp³-hybridized carbons (Fsp3) is 0. The van der Waals surface area contributed by atoms with Crippen LogP contribution in [-0.2, 0) is 0 Å². The monoisotopic (exact) mass is 596 g/mol. The van der Waals surface area contributed by atoms with Crippen LogP contribution in [0, 0.1) is 0 Å². The molecule has 0 aliphatic rings. The van der Waals surface area contributed by atoms with Crippen LogP contribution in [0.5, 0.6) is 0 Å². The zero-order valence-corrected chi connectivity index (χ0v) is 22.6. The van der Waals surface area contributed by atoms with E-state index in [1.165, 1.54) is 24.3 Å². The summed E-state index contributed by atoms with van der Waals surface area (Å²) < 4.78 is 204. The van der Waals surface area contributed by atoms with E-state index in [9.17, 15) is 8.22 Å². The second kappa shape index (κ2) is 9.22. The van der Waals surface area contributed by atoms with Gasteiger partial charge in [0.05, 0.1) is 57.9 Å². The number of benzene rings is 7. The Bertz CT molecular complexity index is 3940. The molecule has 0 spiro atoms. The molecular formula is C42H26N2O. The normalized spacial score (nSPS) is 18.8. The Kier molecular flexibility index (Phi) is 2.35. The lowest BCUT2D eigenvalue weighted by Crippen LogP contribution is -1.98. The van der Waals surface area contributed by atoms with Gasteiger partial charge in [0, 0.05) is 43.6 Å². The van der Waals surface area contributed by atoms with Gasteiger partial charge in [0.1, 0.15) is 11.2 Å². The van der Waals surface area contributed by atoms with Crippen molar-refractivity contribution in [2.24, 2.45) is 0 Å². The molecule has 3 heterocycles. The fourth-order valence-corrected chi connectivity index (χ4v) is 5.94. The van der Waals surface area contributed by atoms with Crippen LogP contribution in [0.4, 0.5) is 0 Å². The van der Waals surface area contributed by atoms with Crippen LogP contribution in [0.15, 0.2) is 162 Å². The first kappa shape index (κ1) is 11.5. The lowest BCUT2D eigenvalue weighted by molar-refractivity contribution is 0.669. The van der Waals surface area contributed by atoms with Gasteiger partial charge in [-0.3, -0.25) is 0 Å². The van der Waals surface area contributed by atoms with E-state index in [0.717, 1.165) is 9.13 Å². The van der Waals surface area contributed by atoms with Gasteiger partial charge in [-0.05, 0) is 60.0 Å². The van der Waals surface area contributed by atoms with Crippen molar-refractivity contribution in [1.29, 1.82) is 0 Å². The predicted molar refractivity (Wildman–Crippen MR) is 188 cm³/mol. The molecule has 0 aliphatic heterocycles. The Hall–Kier alpha value is -6.06. The van der Waals surface area contributed by atoms with Crippen molar-refractivity contribution in [3.63, 3.8) is 0 Å². The number of hydrogen-bond acceptors (Lipinski definition) is 1. The van der Waals surface area contributed by atoms with Crippen molar-refractivity contribution in [2.45, 2.75) is 0 Å². The van der Waals surface area contributed by atoms with Gasteiger partial charge < -0.3 is 13.6 Å². The zero-order valence-electron chi connectivity index (χ0n) is 44.6. The van der Waals surface area contributed by atoms with E-state index in [0.29, 0.717) is 0 Å². The van der Waals surface area contributed by atoms with Crippen LogP contribution < -0.4 is 0 Å². The number of fused-ring (bicyclic) bond motifs is 9. The summed E-state index contributed by atoms with van der Waals surface area (Å²) >= 11 is 0. The van der Waals surface area contributed by atoms with Crippen molar-refractivity contribution in [1.82, 2.24) is 9.13 Å². The van der Waals surface area contributed by atoms with Crippen molar-refractivity contribution in [3.8, 4) is 22.5 Å². The van der Waals surface area contributed by atoms with Crippen molar-refractivity contribution >= 4 is 65.6 Å². The molecule has 0 atom stereocenters. The summed E-state index contributed by atoms with van der Waals surface area (Å²) in [5.41, 5.74) is -3.39. The highest BCUT2D eigenvalue weighted by atomic mass is 16.3. The van der Waals surface area contributed by atoms with Crippen LogP contribution in [0.1, 0.15) is 30.2 Å². The molecule has 210 valence electrons. The van der Waals surface area contributed by atoms with E-state index in [-0.39, 0.29) is 65.9 Å². The lowest BCUT2D eigenvalue weighted by Gasteiger charge is -2.15. The number of para-hydroxylation sites is 5. The highest BCUT2D eigenvalue weighted by molar-refractivity contribution is 6.15. The van der Waals surface area contributed by atoms with E-state index >= 15 is 0 Å². The highest BCUT2D eigenvalue weighted by Crippen LogP contribution is 2.42. The average molecular weight is 597 g/mol. The standard InChI is InChI=1S/C42H26N2O/c1-6-18-35-28(12-1)29-13-2-7-19-36(29)43(35)27-24-25-39-34(26-27)31-15-4-9-21-38(31)44(39)37-20-8-3-14-30(37)32-17-11-23-41-42(32)33-16-5-10-22-40(33)45-41/h1-26H/i1D,2D,4D,5D,6D,7D,9D,10D,11D,12D,13D,15D,16D,17D,18D,19D,21D,22D,23D,24D,25D,26D. The van der Waals surface area contributed by atoms with Gasteiger partial charge in [0.25, 0.3) is 0 Å². The van der Waals surface area contributed by atoms with Gasteiger partial charge in [0.15, 0.2) is 0 Å². The van der Waals surface area contributed by atoms with Gasteiger partial charge in [0.2, 0.25) is 0 Å². The molecule has 0 aliphatic carbocycles. The molecule has 3 heteroatoms. The zero-order chi connectivity index (χ0) is 48.6. The second-order valence-corrected chi connectivity index (χ2v) is 10.1. The minimum Gasteiger partial charge on any atom is -0.456 e. The minimum atomic E-state index is -0.847. The molecule has 0 bridgehead atoms. The molecule has 0 amide bonds. The van der Waals surface area contributed by atoms with Gasteiger partial charge in [-0.1, -0.05) is 103 Å². The Morgan fingerprint density at radius 3 is 1.78 bits per heavy atom. The van der Waals surface area contributed by atoms with Crippen LogP contribution in [0.2, 0.25) is 0 Å². The molecule has 7 aromatic carbocycles. The summed E-state index contributed by atoms with van der Waals surface area (Å²) in [6.07, 6.45) is 0. The number of hydrogen-bond donors (Lipinski definition) is 0. The van der Waals surface area contributed by atoms with E-state index in [1.807, 2.05) is 0 Å². The van der Waals surface area contributed by atoms with Gasteiger partial charge in [-0.25, -0.2) is 0 Å². The van der Waals surface area contributed by atoms with E-state index in [2.05, 4.69) is 0 Å². The van der Waals surface area contributed by atoms with Crippen LogP contribution >= 0.6 is 0 Å². The Morgan fingerprint density at radius 1 is 0.444 bits per heavy atom.